The van der Waals surface area contributed by atoms with Gasteiger partial charge in [-0.15, -0.1) is 0 Å². The average Bonchev–Trinajstić information content (AvgIpc) is 2.33. The zero-order valence-electron chi connectivity index (χ0n) is 12.9. The molecule has 1 heterocycles. The van der Waals surface area contributed by atoms with Gasteiger partial charge < -0.3 is 15.6 Å². The number of carbonyl (C=O) groups excluding carboxylic acids is 1. The molecule has 0 saturated carbocycles. The number of phenolic OH excluding ortho intramolecular Hbond substituents is 1. The van der Waals surface area contributed by atoms with E-state index in [1.807, 2.05) is 32.9 Å². The van der Waals surface area contributed by atoms with Gasteiger partial charge in [-0.2, -0.15) is 0 Å². The molecule has 1 saturated heterocycles. The lowest BCUT2D eigenvalue weighted by molar-refractivity contribution is -0.0504. The van der Waals surface area contributed by atoms with Crippen LogP contribution in [0.4, 0.5) is 4.79 Å². The zero-order chi connectivity index (χ0) is 15.7. The second-order valence-corrected chi connectivity index (χ2v) is 6.50. The number of benzene rings is 1. The van der Waals surface area contributed by atoms with E-state index in [-0.39, 0.29) is 11.8 Å². The molecule has 1 aromatic carbocycles. The van der Waals surface area contributed by atoms with Crippen molar-refractivity contribution in [2.45, 2.75) is 44.8 Å². The number of ether oxygens (including phenoxy) is 1. The Labute approximate surface area is 125 Å². The lowest BCUT2D eigenvalue weighted by Crippen LogP contribution is -2.61. The van der Waals surface area contributed by atoms with Crippen molar-refractivity contribution < 1.29 is 14.6 Å². The van der Waals surface area contributed by atoms with Crippen LogP contribution in [0, 0.1) is 0 Å². The maximum absolute atomic E-state index is 12.4. The first-order valence-electron chi connectivity index (χ1n) is 7.29. The van der Waals surface area contributed by atoms with Crippen molar-refractivity contribution in [2.75, 3.05) is 13.1 Å². The van der Waals surface area contributed by atoms with E-state index in [2.05, 4.69) is 0 Å². The molecule has 1 aliphatic rings. The summed E-state index contributed by atoms with van der Waals surface area (Å²) in [6, 6.07) is 6.97. The summed E-state index contributed by atoms with van der Waals surface area (Å²) in [4.78, 5) is 14.1. The Balaban J connectivity index is 2.26. The minimum Gasteiger partial charge on any atom is -0.508 e. The molecule has 21 heavy (non-hydrogen) atoms. The highest BCUT2D eigenvalue weighted by molar-refractivity contribution is 5.71. The monoisotopic (exact) mass is 292 g/mol. The van der Waals surface area contributed by atoms with Gasteiger partial charge in [-0.05, 0) is 57.9 Å². The van der Waals surface area contributed by atoms with Crippen LogP contribution in [-0.4, -0.2) is 34.8 Å². The Kier molecular flexibility index (Phi) is 4.14. The predicted octanol–water partition coefficient (Wildman–Crippen LogP) is 2.58. The van der Waals surface area contributed by atoms with Gasteiger partial charge in [-0.3, -0.25) is 4.90 Å². The normalized spacial score (nSPS) is 21.8. The molecule has 1 unspecified atom stereocenters. The quantitative estimate of drug-likeness (QED) is 0.897. The predicted molar refractivity (Wildman–Crippen MR) is 81.0 cm³/mol. The van der Waals surface area contributed by atoms with E-state index in [4.69, 9.17) is 10.5 Å². The molecular weight excluding hydrogens is 268 g/mol. The number of phenols is 1. The number of hydrogen-bond donors (Lipinski definition) is 2. The Morgan fingerprint density at radius 1 is 1.38 bits per heavy atom. The van der Waals surface area contributed by atoms with Gasteiger partial charge in [-0.1, -0.05) is 12.1 Å². The Morgan fingerprint density at radius 2 is 2.00 bits per heavy atom. The summed E-state index contributed by atoms with van der Waals surface area (Å²) in [5, 5.41) is 9.44. The van der Waals surface area contributed by atoms with E-state index in [1.54, 1.807) is 17.0 Å². The number of likely N-dealkylation sites (tertiary alicyclic amines) is 1. The Hall–Kier alpha value is -1.75. The molecule has 1 fully saturated rings. The van der Waals surface area contributed by atoms with Crippen molar-refractivity contribution >= 4 is 6.09 Å². The van der Waals surface area contributed by atoms with Crippen molar-refractivity contribution in [1.82, 2.24) is 4.90 Å². The van der Waals surface area contributed by atoms with Crippen molar-refractivity contribution in [1.29, 1.82) is 0 Å². The van der Waals surface area contributed by atoms with Crippen LogP contribution in [0.25, 0.3) is 0 Å². The first-order valence-corrected chi connectivity index (χ1v) is 7.29. The minimum absolute atomic E-state index is 0.213. The highest BCUT2D eigenvalue weighted by atomic mass is 16.6. The fourth-order valence-corrected chi connectivity index (χ4v) is 2.79. The van der Waals surface area contributed by atoms with E-state index < -0.39 is 11.1 Å². The Bertz CT molecular complexity index is 507. The summed E-state index contributed by atoms with van der Waals surface area (Å²) in [7, 11) is 0. The van der Waals surface area contributed by atoms with Crippen LogP contribution in [-0.2, 0) is 10.3 Å². The van der Waals surface area contributed by atoms with E-state index in [9.17, 15) is 9.90 Å². The van der Waals surface area contributed by atoms with E-state index in [0.717, 1.165) is 12.0 Å². The first-order chi connectivity index (χ1) is 9.78. The first kappa shape index (κ1) is 15.6. The van der Waals surface area contributed by atoms with Crippen molar-refractivity contribution in [3.63, 3.8) is 0 Å². The van der Waals surface area contributed by atoms with Crippen molar-refractivity contribution in [2.24, 2.45) is 5.73 Å². The second kappa shape index (κ2) is 5.56. The van der Waals surface area contributed by atoms with Crippen LogP contribution < -0.4 is 5.73 Å². The molecule has 0 radical (unpaired) electrons. The molecule has 2 rings (SSSR count). The highest BCUT2D eigenvalue weighted by Gasteiger charge is 2.49. The minimum atomic E-state index is -0.518. The van der Waals surface area contributed by atoms with Crippen LogP contribution in [0.2, 0.25) is 0 Å². The molecule has 1 aliphatic heterocycles. The third kappa shape index (κ3) is 3.13. The fraction of sp³-hybridized carbons (Fsp3) is 0.562. The average molecular weight is 292 g/mol. The summed E-state index contributed by atoms with van der Waals surface area (Å²) < 4.78 is 5.49. The lowest BCUT2D eigenvalue weighted by Gasteiger charge is -2.53. The molecule has 5 nitrogen and oxygen atoms in total. The zero-order valence-corrected chi connectivity index (χ0v) is 12.9. The van der Waals surface area contributed by atoms with Gasteiger partial charge >= 0.3 is 6.09 Å². The van der Waals surface area contributed by atoms with Gasteiger partial charge in [0.25, 0.3) is 0 Å². The smallest absolute Gasteiger partial charge is 0.411 e. The summed E-state index contributed by atoms with van der Waals surface area (Å²) in [6.07, 6.45) is 1.22. The number of nitrogens with zero attached hydrogens (tertiary/aromatic N) is 1. The van der Waals surface area contributed by atoms with Crippen LogP contribution in [0.1, 0.15) is 39.2 Å². The summed E-state index contributed by atoms with van der Waals surface area (Å²) >= 11 is 0. The van der Waals surface area contributed by atoms with Gasteiger partial charge in [0.2, 0.25) is 0 Å². The standard InChI is InChI=1S/C16H24N2O3/c1-15(2,3)21-14(20)18-11-9-16(18,8-10-17)12-4-6-13(19)7-5-12/h4-7,19H,8-11,17H2,1-3H3. The van der Waals surface area contributed by atoms with Crippen LogP contribution in [0.3, 0.4) is 0 Å². The van der Waals surface area contributed by atoms with Crippen molar-refractivity contribution in [3.8, 4) is 5.75 Å². The third-order valence-electron chi connectivity index (χ3n) is 3.84. The molecule has 1 amide bonds. The molecule has 0 aliphatic carbocycles. The van der Waals surface area contributed by atoms with Crippen LogP contribution >= 0.6 is 0 Å². The Morgan fingerprint density at radius 3 is 2.43 bits per heavy atom. The second-order valence-electron chi connectivity index (χ2n) is 6.50. The highest BCUT2D eigenvalue weighted by Crippen LogP contribution is 2.44. The third-order valence-corrected chi connectivity index (χ3v) is 3.84. The summed E-state index contributed by atoms with van der Waals surface area (Å²) in [6.45, 7) is 6.72. The van der Waals surface area contributed by atoms with Gasteiger partial charge in [0.15, 0.2) is 0 Å². The molecule has 0 aromatic heterocycles. The molecule has 1 aromatic rings. The number of carbonyl (C=O) groups is 1. The van der Waals surface area contributed by atoms with Gasteiger partial charge in [0, 0.05) is 6.54 Å². The van der Waals surface area contributed by atoms with Gasteiger partial charge in [-0.25, -0.2) is 4.79 Å². The van der Waals surface area contributed by atoms with Gasteiger partial charge in [0.1, 0.15) is 11.4 Å². The molecule has 3 N–H and O–H groups in total. The molecule has 0 spiro atoms. The molecular formula is C16H24N2O3. The molecule has 116 valence electrons. The summed E-state index contributed by atoms with van der Waals surface area (Å²) in [5.74, 6) is 0.213. The van der Waals surface area contributed by atoms with Crippen LogP contribution in [0.5, 0.6) is 5.75 Å². The number of nitrogens with two attached hydrogens (primary N) is 1. The van der Waals surface area contributed by atoms with Crippen LogP contribution in [0.15, 0.2) is 24.3 Å². The molecule has 5 heteroatoms. The van der Waals surface area contributed by atoms with Crippen molar-refractivity contribution in [3.05, 3.63) is 29.8 Å². The molecule has 1 atom stereocenters. The van der Waals surface area contributed by atoms with Gasteiger partial charge in [0.05, 0.1) is 5.54 Å². The maximum atomic E-state index is 12.4. The maximum Gasteiger partial charge on any atom is 0.411 e. The number of hydrogen-bond acceptors (Lipinski definition) is 4. The summed E-state index contributed by atoms with van der Waals surface area (Å²) in [5.41, 5.74) is 5.81. The number of amides is 1. The largest absolute Gasteiger partial charge is 0.508 e. The molecule has 0 bridgehead atoms. The van der Waals surface area contributed by atoms with E-state index in [0.29, 0.717) is 19.5 Å². The lowest BCUT2D eigenvalue weighted by atomic mass is 9.76. The number of aromatic hydroxyl groups is 1. The number of rotatable bonds is 3. The van der Waals surface area contributed by atoms with E-state index >= 15 is 0 Å². The fourth-order valence-electron chi connectivity index (χ4n) is 2.79. The SMILES string of the molecule is CC(C)(C)OC(=O)N1CCC1(CCN)c1ccc(O)cc1. The topological polar surface area (TPSA) is 75.8 Å². The van der Waals surface area contributed by atoms with E-state index in [1.165, 1.54) is 0 Å².